The molecule has 1 aromatic heterocycles. The lowest BCUT2D eigenvalue weighted by Gasteiger charge is -2.33. The van der Waals surface area contributed by atoms with Crippen molar-refractivity contribution in [1.29, 1.82) is 0 Å². The largest absolute Gasteiger partial charge is 0.465 e. The molecule has 0 bridgehead atoms. The second kappa shape index (κ2) is 9.88. The molecule has 10 heteroatoms. The van der Waals surface area contributed by atoms with E-state index in [9.17, 15) is 14.4 Å². The fourth-order valence-electron chi connectivity index (χ4n) is 3.15. The lowest BCUT2D eigenvalue weighted by Crippen LogP contribution is -2.52. The first-order valence-electron chi connectivity index (χ1n) is 10.1. The smallest absolute Gasteiger partial charge is 0.407 e. The number of carboxylic acid groups (broad SMARTS) is 1. The molecule has 3 rings (SSSR count). The monoisotopic (exact) mass is 426 g/mol. The Morgan fingerprint density at radius 1 is 1.03 bits per heavy atom. The first-order valence-corrected chi connectivity index (χ1v) is 10.1. The average molecular weight is 426 g/mol. The third-order valence-electron chi connectivity index (χ3n) is 4.73. The van der Waals surface area contributed by atoms with E-state index in [-0.39, 0.29) is 37.3 Å². The molecule has 0 spiro atoms. The maximum atomic E-state index is 12.7. The second-order valence-electron chi connectivity index (χ2n) is 7.46. The fraction of sp³-hybridized carbons (Fsp3) is 0.381. The number of hydrogen-bond donors (Lipinski definition) is 3. The SMILES string of the molecule is CC(C)Nc1cc(C(=O)NCC(=O)N2CCN(C(=O)O)CC2)nc(-c2ccccc2)n1. The number of anilines is 1. The van der Waals surface area contributed by atoms with Crippen molar-refractivity contribution in [2.75, 3.05) is 38.0 Å². The quantitative estimate of drug-likeness (QED) is 0.639. The standard InChI is InChI=1S/C21H26N6O4/c1-14(2)23-17-12-16(24-19(25-17)15-6-4-3-5-7-15)20(29)22-13-18(28)26-8-10-27(11-9-26)21(30)31/h3-7,12,14H,8-11,13H2,1-2H3,(H,22,29)(H,30,31)(H,23,24,25). The van der Waals surface area contributed by atoms with Crippen LogP contribution in [0.25, 0.3) is 11.4 Å². The minimum atomic E-state index is -0.996. The van der Waals surface area contributed by atoms with Crippen LogP contribution in [-0.2, 0) is 4.79 Å². The summed E-state index contributed by atoms with van der Waals surface area (Å²) in [5.41, 5.74) is 0.928. The molecule has 2 heterocycles. The molecule has 3 amide bonds. The highest BCUT2D eigenvalue weighted by Gasteiger charge is 2.24. The lowest BCUT2D eigenvalue weighted by molar-refractivity contribution is -0.131. The summed E-state index contributed by atoms with van der Waals surface area (Å²) in [7, 11) is 0. The summed E-state index contributed by atoms with van der Waals surface area (Å²) in [5, 5.41) is 14.8. The van der Waals surface area contributed by atoms with Gasteiger partial charge in [0.1, 0.15) is 11.5 Å². The van der Waals surface area contributed by atoms with E-state index >= 15 is 0 Å². The predicted octanol–water partition coefficient (Wildman–Crippen LogP) is 1.52. The van der Waals surface area contributed by atoms with E-state index in [1.807, 2.05) is 44.2 Å². The van der Waals surface area contributed by atoms with Crippen molar-refractivity contribution in [3.63, 3.8) is 0 Å². The second-order valence-corrected chi connectivity index (χ2v) is 7.46. The summed E-state index contributed by atoms with van der Waals surface area (Å²) >= 11 is 0. The summed E-state index contributed by atoms with van der Waals surface area (Å²) in [6.45, 7) is 4.85. The van der Waals surface area contributed by atoms with E-state index in [0.717, 1.165) is 5.56 Å². The molecule has 31 heavy (non-hydrogen) atoms. The lowest BCUT2D eigenvalue weighted by atomic mass is 10.2. The van der Waals surface area contributed by atoms with Crippen LogP contribution in [-0.4, -0.2) is 81.5 Å². The van der Waals surface area contributed by atoms with Crippen molar-refractivity contribution in [1.82, 2.24) is 25.1 Å². The van der Waals surface area contributed by atoms with Gasteiger partial charge in [0.15, 0.2) is 5.82 Å². The molecule has 1 aliphatic heterocycles. The predicted molar refractivity (Wildman–Crippen MR) is 115 cm³/mol. The number of amides is 3. The Morgan fingerprint density at radius 3 is 2.29 bits per heavy atom. The molecule has 0 saturated carbocycles. The maximum Gasteiger partial charge on any atom is 0.407 e. The van der Waals surface area contributed by atoms with Gasteiger partial charge in [-0.25, -0.2) is 14.8 Å². The van der Waals surface area contributed by atoms with Crippen LogP contribution in [0.3, 0.4) is 0 Å². The van der Waals surface area contributed by atoms with E-state index < -0.39 is 12.0 Å². The molecule has 1 aromatic carbocycles. The number of nitrogens with one attached hydrogen (secondary N) is 2. The zero-order valence-electron chi connectivity index (χ0n) is 17.5. The molecule has 0 unspecified atom stereocenters. The number of benzene rings is 1. The van der Waals surface area contributed by atoms with Crippen LogP contribution in [0.15, 0.2) is 36.4 Å². The number of hydrogen-bond acceptors (Lipinski definition) is 6. The van der Waals surface area contributed by atoms with Crippen molar-refractivity contribution in [2.24, 2.45) is 0 Å². The van der Waals surface area contributed by atoms with Gasteiger partial charge in [-0.3, -0.25) is 9.59 Å². The minimum absolute atomic E-state index is 0.112. The molecular formula is C21H26N6O4. The average Bonchev–Trinajstić information content (AvgIpc) is 2.77. The Balaban J connectivity index is 1.68. The maximum absolute atomic E-state index is 12.7. The normalized spacial score (nSPS) is 13.8. The summed E-state index contributed by atoms with van der Waals surface area (Å²) in [6, 6.07) is 11.0. The molecule has 1 aliphatic rings. The Hall–Kier alpha value is -3.69. The molecule has 10 nitrogen and oxygen atoms in total. The number of piperazine rings is 1. The van der Waals surface area contributed by atoms with Gasteiger partial charge < -0.3 is 25.5 Å². The van der Waals surface area contributed by atoms with Crippen LogP contribution in [0.4, 0.5) is 10.6 Å². The summed E-state index contributed by atoms with van der Waals surface area (Å²) in [6.07, 6.45) is -0.996. The van der Waals surface area contributed by atoms with Crippen molar-refractivity contribution < 1.29 is 19.5 Å². The van der Waals surface area contributed by atoms with E-state index in [2.05, 4.69) is 20.6 Å². The van der Waals surface area contributed by atoms with Crippen molar-refractivity contribution in [2.45, 2.75) is 19.9 Å². The molecule has 1 fully saturated rings. The molecule has 2 aromatic rings. The van der Waals surface area contributed by atoms with Gasteiger partial charge in [0, 0.05) is 43.9 Å². The zero-order chi connectivity index (χ0) is 22.4. The molecular weight excluding hydrogens is 400 g/mol. The van der Waals surface area contributed by atoms with E-state index in [0.29, 0.717) is 24.7 Å². The van der Waals surface area contributed by atoms with Gasteiger partial charge in [0.25, 0.3) is 5.91 Å². The zero-order valence-corrected chi connectivity index (χ0v) is 17.5. The Morgan fingerprint density at radius 2 is 1.68 bits per heavy atom. The number of carbonyl (C=O) groups excluding carboxylic acids is 2. The van der Waals surface area contributed by atoms with Gasteiger partial charge in [-0.2, -0.15) is 0 Å². The number of carbonyl (C=O) groups is 3. The Bertz CT molecular complexity index is 942. The van der Waals surface area contributed by atoms with Gasteiger partial charge in [0.2, 0.25) is 5.91 Å². The number of nitrogens with zero attached hydrogens (tertiary/aromatic N) is 4. The van der Waals surface area contributed by atoms with Crippen molar-refractivity contribution in [3.8, 4) is 11.4 Å². The van der Waals surface area contributed by atoms with Crippen LogP contribution >= 0.6 is 0 Å². The van der Waals surface area contributed by atoms with E-state index in [1.54, 1.807) is 11.0 Å². The van der Waals surface area contributed by atoms with Gasteiger partial charge >= 0.3 is 6.09 Å². The molecule has 0 aliphatic carbocycles. The first-order chi connectivity index (χ1) is 14.8. The summed E-state index contributed by atoms with van der Waals surface area (Å²) in [4.78, 5) is 47.8. The van der Waals surface area contributed by atoms with Crippen LogP contribution in [0.1, 0.15) is 24.3 Å². The molecule has 164 valence electrons. The van der Waals surface area contributed by atoms with Gasteiger partial charge in [-0.1, -0.05) is 30.3 Å². The van der Waals surface area contributed by atoms with Crippen LogP contribution < -0.4 is 10.6 Å². The van der Waals surface area contributed by atoms with Gasteiger partial charge in [-0.15, -0.1) is 0 Å². The third kappa shape index (κ3) is 5.91. The minimum Gasteiger partial charge on any atom is -0.465 e. The summed E-state index contributed by atoms with van der Waals surface area (Å²) < 4.78 is 0. The highest BCUT2D eigenvalue weighted by Crippen LogP contribution is 2.18. The van der Waals surface area contributed by atoms with Gasteiger partial charge in [0.05, 0.1) is 6.54 Å². The van der Waals surface area contributed by atoms with E-state index in [1.165, 1.54) is 4.90 Å². The van der Waals surface area contributed by atoms with Crippen LogP contribution in [0.2, 0.25) is 0 Å². The molecule has 0 atom stereocenters. The van der Waals surface area contributed by atoms with Crippen LogP contribution in [0, 0.1) is 0 Å². The summed E-state index contributed by atoms with van der Waals surface area (Å²) in [5.74, 6) is 0.179. The molecule has 0 radical (unpaired) electrons. The first kappa shape index (κ1) is 22.0. The number of rotatable bonds is 6. The number of aromatic nitrogens is 2. The Labute approximate surface area is 180 Å². The molecule has 3 N–H and O–H groups in total. The van der Waals surface area contributed by atoms with Crippen molar-refractivity contribution >= 4 is 23.7 Å². The van der Waals surface area contributed by atoms with E-state index in [4.69, 9.17) is 5.11 Å². The topological polar surface area (TPSA) is 128 Å². The van der Waals surface area contributed by atoms with Crippen molar-refractivity contribution in [3.05, 3.63) is 42.1 Å². The highest BCUT2D eigenvalue weighted by molar-refractivity contribution is 5.95. The van der Waals surface area contributed by atoms with Gasteiger partial charge in [-0.05, 0) is 13.8 Å². The molecule has 1 saturated heterocycles. The Kier molecular flexibility index (Phi) is 7.01. The van der Waals surface area contributed by atoms with Crippen LogP contribution in [0.5, 0.6) is 0 Å². The highest BCUT2D eigenvalue weighted by atomic mass is 16.4. The third-order valence-corrected chi connectivity index (χ3v) is 4.73. The fourth-order valence-corrected chi connectivity index (χ4v) is 3.15.